The molecule has 1 aliphatic rings. The number of morpholine rings is 1. The summed E-state index contributed by atoms with van der Waals surface area (Å²) in [6, 6.07) is 3.87. The molecule has 9 heteroatoms. The molecule has 0 radical (unpaired) electrons. The molecule has 3 aromatic heterocycles. The van der Waals surface area contributed by atoms with Crippen LogP contribution in [0.3, 0.4) is 0 Å². The molecular weight excluding hydrogens is 390 g/mol. The number of carbonyl (C=O) groups excluding carboxylic acids is 1. The normalized spacial score (nSPS) is 17.7. The Hall–Kier alpha value is -2.33. The van der Waals surface area contributed by atoms with Crippen LogP contribution in [0, 0.1) is 0 Å². The zero-order valence-electron chi connectivity index (χ0n) is 16.4. The van der Waals surface area contributed by atoms with Crippen LogP contribution in [0.25, 0.3) is 10.2 Å². The largest absolute Gasteiger partial charge is 0.395 e. The molecule has 0 spiro atoms. The predicted molar refractivity (Wildman–Crippen MR) is 111 cm³/mol. The monoisotopic (exact) mass is 415 g/mol. The van der Waals surface area contributed by atoms with Gasteiger partial charge in [-0.25, -0.2) is 4.98 Å². The number of pyridine rings is 1. The Morgan fingerprint density at radius 3 is 3.17 bits per heavy atom. The summed E-state index contributed by atoms with van der Waals surface area (Å²) in [6.45, 7) is 5.97. The number of thiophene rings is 1. The smallest absolute Gasteiger partial charge is 0.261 e. The Morgan fingerprint density at radius 1 is 1.48 bits per heavy atom. The topological polar surface area (TPSA) is 92.5 Å². The molecular formula is C20H25N5O3S. The molecule has 1 unspecified atom stereocenters. The van der Waals surface area contributed by atoms with Crippen LogP contribution >= 0.6 is 11.3 Å². The second-order valence-corrected chi connectivity index (χ2v) is 7.98. The number of aliphatic hydroxyl groups is 1. The van der Waals surface area contributed by atoms with Crippen molar-refractivity contribution in [3.8, 4) is 0 Å². The van der Waals surface area contributed by atoms with Crippen molar-refractivity contribution in [3.63, 3.8) is 0 Å². The lowest BCUT2D eigenvalue weighted by Gasteiger charge is -2.33. The maximum absolute atomic E-state index is 12.7. The SMILES string of the molecule is CCn1cc(CN2CCOC(c3c(C(=O)NCCO)sc4ncccc34)C2)cn1. The molecule has 1 amide bonds. The van der Waals surface area contributed by atoms with E-state index in [1.807, 2.05) is 23.0 Å². The van der Waals surface area contributed by atoms with Crippen molar-refractivity contribution < 1.29 is 14.6 Å². The van der Waals surface area contributed by atoms with E-state index in [0.29, 0.717) is 18.0 Å². The highest BCUT2D eigenvalue weighted by Gasteiger charge is 2.30. The second-order valence-electron chi connectivity index (χ2n) is 6.98. The average molecular weight is 416 g/mol. The lowest BCUT2D eigenvalue weighted by Crippen LogP contribution is -2.38. The number of hydrogen-bond donors (Lipinski definition) is 2. The van der Waals surface area contributed by atoms with Gasteiger partial charge in [0.15, 0.2) is 0 Å². The van der Waals surface area contributed by atoms with Crippen LogP contribution < -0.4 is 5.32 Å². The summed E-state index contributed by atoms with van der Waals surface area (Å²) in [7, 11) is 0. The quantitative estimate of drug-likeness (QED) is 0.611. The predicted octanol–water partition coefficient (Wildman–Crippen LogP) is 1.81. The first kappa shape index (κ1) is 20.0. The molecule has 0 bridgehead atoms. The zero-order valence-corrected chi connectivity index (χ0v) is 17.2. The Kier molecular flexibility index (Phi) is 6.19. The van der Waals surface area contributed by atoms with Crippen molar-refractivity contribution in [2.75, 3.05) is 32.8 Å². The van der Waals surface area contributed by atoms with E-state index in [0.717, 1.165) is 35.4 Å². The molecule has 4 heterocycles. The maximum atomic E-state index is 12.7. The molecule has 154 valence electrons. The van der Waals surface area contributed by atoms with Gasteiger partial charge in [0.05, 0.1) is 25.5 Å². The Balaban J connectivity index is 1.59. The highest BCUT2D eigenvalue weighted by atomic mass is 32.1. The van der Waals surface area contributed by atoms with Gasteiger partial charge in [0, 0.05) is 61.6 Å². The lowest BCUT2D eigenvalue weighted by atomic mass is 10.0. The molecule has 0 saturated carbocycles. The van der Waals surface area contributed by atoms with E-state index in [1.165, 1.54) is 16.9 Å². The van der Waals surface area contributed by atoms with Gasteiger partial charge in [0.2, 0.25) is 0 Å². The van der Waals surface area contributed by atoms with Crippen molar-refractivity contribution in [1.29, 1.82) is 0 Å². The van der Waals surface area contributed by atoms with Crippen molar-refractivity contribution in [2.24, 2.45) is 0 Å². The van der Waals surface area contributed by atoms with Crippen LogP contribution in [-0.2, 0) is 17.8 Å². The fraction of sp³-hybridized carbons (Fsp3) is 0.450. The molecule has 8 nitrogen and oxygen atoms in total. The molecule has 4 rings (SSSR count). The van der Waals surface area contributed by atoms with Gasteiger partial charge in [-0.15, -0.1) is 11.3 Å². The second kappa shape index (κ2) is 9.00. The van der Waals surface area contributed by atoms with Crippen molar-refractivity contribution in [3.05, 3.63) is 46.7 Å². The summed E-state index contributed by atoms with van der Waals surface area (Å²) < 4.78 is 8.03. The number of fused-ring (bicyclic) bond motifs is 1. The van der Waals surface area contributed by atoms with Crippen molar-refractivity contribution >= 4 is 27.5 Å². The summed E-state index contributed by atoms with van der Waals surface area (Å²) in [5, 5.41) is 17.1. The summed E-state index contributed by atoms with van der Waals surface area (Å²) >= 11 is 1.37. The number of carbonyl (C=O) groups is 1. The minimum atomic E-state index is -0.210. The molecule has 29 heavy (non-hydrogen) atoms. The van der Waals surface area contributed by atoms with E-state index in [9.17, 15) is 4.79 Å². The van der Waals surface area contributed by atoms with Gasteiger partial charge in [-0.1, -0.05) is 6.07 Å². The van der Waals surface area contributed by atoms with Gasteiger partial charge in [-0.05, 0) is 13.0 Å². The van der Waals surface area contributed by atoms with Gasteiger partial charge < -0.3 is 15.2 Å². The van der Waals surface area contributed by atoms with Gasteiger partial charge >= 0.3 is 0 Å². The van der Waals surface area contributed by atoms with E-state index >= 15 is 0 Å². The Labute approximate surface area is 173 Å². The number of nitrogens with one attached hydrogen (secondary N) is 1. The highest BCUT2D eigenvalue weighted by molar-refractivity contribution is 7.20. The summed E-state index contributed by atoms with van der Waals surface area (Å²) in [4.78, 5) is 20.9. The van der Waals surface area contributed by atoms with E-state index in [2.05, 4.69) is 33.4 Å². The van der Waals surface area contributed by atoms with Gasteiger partial charge in [0.1, 0.15) is 9.71 Å². The summed E-state index contributed by atoms with van der Waals surface area (Å²) in [5.74, 6) is -0.193. The third-order valence-electron chi connectivity index (χ3n) is 5.00. The Morgan fingerprint density at radius 2 is 2.38 bits per heavy atom. The van der Waals surface area contributed by atoms with E-state index < -0.39 is 0 Å². The maximum Gasteiger partial charge on any atom is 0.261 e. The van der Waals surface area contributed by atoms with E-state index in [-0.39, 0.29) is 25.2 Å². The van der Waals surface area contributed by atoms with E-state index in [4.69, 9.17) is 9.84 Å². The highest BCUT2D eigenvalue weighted by Crippen LogP contribution is 2.37. The van der Waals surface area contributed by atoms with Crippen LogP contribution in [0.15, 0.2) is 30.7 Å². The molecule has 2 N–H and O–H groups in total. The molecule has 1 aliphatic heterocycles. The third kappa shape index (κ3) is 4.32. The molecule has 1 fully saturated rings. The summed E-state index contributed by atoms with van der Waals surface area (Å²) in [5.41, 5.74) is 2.06. The molecule has 0 aromatic carbocycles. The number of rotatable bonds is 7. The number of hydrogen-bond acceptors (Lipinski definition) is 7. The molecule has 1 atom stereocenters. The van der Waals surface area contributed by atoms with Gasteiger partial charge in [0.25, 0.3) is 5.91 Å². The molecule has 1 saturated heterocycles. The first-order chi connectivity index (χ1) is 14.2. The third-order valence-corrected chi connectivity index (χ3v) is 6.13. The first-order valence-electron chi connectivity index (χ1n) is 9.81. The lowest BCUT2D eigenvalue weighted by molar-refractivity contribution is -0.0323. The summed E-state index contributed by atoms with van der Waals surface area (Å²) in [6.07, 6.45) is 5.50. The van der Waals surface area contributed by atoms with Crippen LogP contribution in [-0.4, -0.2) is 63.5 Å². The van der Waals surface area contributed by atoms with Crippen LogP contribution in [0.2, 0.25) is 0 Å². The van der Waals surface area contributed by atoms with Crippen LogP contribution in [0.1, 0.15) is 33.8 Å². The first-order valence-corrected chi connectivity index (χ1v) is 10.6. The number of aliphatic hydroxyl groups excluding tert-OH is 1. The zero-order chi connectivity index (χ0) is 20.2. The van der Waals surface area contributed by atoms with Crippen LogP contribution in [0.5, 0.6) is 0 Å². The minimum Gasteiger partial charge on any atom is -0.395 e. The van der Waals surface area contributed by atoms with Gasteiger partial charge in [-0.2, -0.15) is 5.10 Å². The van der Waals surface area contributed by atoms with Crippen LogP contribution in [0.4, 0.5) is 0 Å². The van der Waals surface area contributed by atoms with Crippen molar-refractivity contribution in [1.82, 2.24) is 25.0 Å². The molecule has 0 aliphatic carbocycles. The fourth-order valence-corrected chi connectivity index (χ4v) is 4.74. The standard InChI is InChI=1S/C20H25N5O3S/c1-2-25-12-14(10-23-25)11-24-7-9-28-16(13-24)17-15-4-3-5-22-20(15)29-18(17)19(27)21-6-8-26/h3-5,10,12,16,26H,2,6-9,11,13H2,1H3,(H,21,27). The number of amides is 1. The molecule has 3 aromatic rings. The fourth-order valence-electron chi connectivity index (χ4n) is 3.63. The number of aryl methyl sites for hydroxylation is 1. The van der Waals surface area contributed by atoms with E-state index in [1.54, 1.807) is 6.20 Å². The number of nitrogens with zero attached hydrogens (tertiary/aromatic N) is 4. The number of ether oxygens (including phenoxy) is 1. The Bertz CT molecular complexity index is 986. The van der Waals surface area contributed by atoms with Crippen molar-refractivity contribution in [2.45, 2.75) is 26.1 Å². The van der Waals surface area contributed by atoms with Gasteiger partial charge in [-0.3, -0.25) is 14.4 Å². The average Bonchev–Trinajstić information content (AvgIpc) is 3.36. The minimum absolute atomic E-state index is 0.0939. The number of aromatic nitrogens is 3.